The van der Waals surface area contributed by atoms with Crippen LogP contribution in [0.2, 0.25) is 20.5 Å². The summed E-state index contributed by atoms with van der Waals surface area (Å²) in [6.45, 7) is 0. The highest BCUT2D eigenvalue weighted by molar-refractivity contribution is 6.70. The van der Waals surface area contributed by atoms with Crippen molar-refractivity contribution in [2.45, 2.75) is 26.3 Å². The third kappa shape index (κ3) is 5.18. The van der Waals surface area contributed by atoms with E-state index in [1.165, 1.54) is 36.4 Å². The van der Waals surface area contributed by atoms with Crippen LogP contribution in [0, 0.1) is 5.82 Å². The minimum absolute atomic E-state index is 0.0666. The molecular weight excluding hydrogens is 585 g/mol. The van der Waals surface area contributed by atoms with Crippen molar-refractivity contribution in [3.8, 4) is 11.1 Å². The van der Waals surface area contributed by atoms with Crippen LogP contribution in [0.15, 0.2) is 48.7 Å². The van der Waals surface area contributed by atoms with Gasteiger partial charge in [-0.15, -0.1) is 10.4 Å². The highest BCUT2D eigenvalue weighted by Gasteiger charge is 2.63. The smallest absolute Gasteiger partial charge is 0.262 e. The molecule has 44 heavy (non-hydrogen) atoms. The minimum Gasteiger partial charge on any atom is -0.394 e. The Morgan fingerprint density at radius 2 is 1.45 bits per heavy atom. The zero-order valence-corrected chi connectivity index (χ0v) is 24.4. The predicted molar refractivity (Wildman–Crippen MR) is 181 cm³/mol. The Hall–Kier alpha value is -2.45. The molecule has 0 bridgehead atoms. The Kier molecular flexibility index (Phi) is 8.70. The molecule has 2 aromatic carbocycles. The molecule has 4 rings (SSSR count). The Balaban J connectivity index is 2.12. The summed E-state index contributed by atoms with van der Waals surface area (Å²) < 4.78 is 15.0. The molecule has 0 atom stereocenters. The van der Waals surface area contributed by atoms with E-state index >= 15 is 0 Å². The summed E-state index contributed by atoms with van der Waals surface area (Å²) in [5, 5.41) is -12.8. The fourth-order valence-corrected chi connectivity index (χ4v) is 5.31. The summed E-state index contributed by atoms with van der Waals surface area (Å²) in [4.78, 5) is 31.4. The second-order valence-electron chi connectivity index (χ2n) is 10.5. The van der Waals surface area contributed by atoms with Crippen LogP contribution in [-0.2, 0) is 0 Å². The summed E-state index contributed by atoms with van der Waals surface area (Å²) in [6.07, 6.45) is 1.16. The molecule has 0 aliphatic carbocycles. The van der Waals surface area contributed by atoms with Gasteiger partial charge in [-0.25, -0.2) is 9.37 Å². The molecule has 2 N–H and O–H groups in total. The molecule has 1 aromatic heterocycles. The van der Waals surface area contributed by atoms with Crippen LogP contribution in [-0.4, -0.2) is 119 Å². The lowest BCUT2D eigenvalue weighted by molar-refractivity contribution is 0.0978. The van der Waals surface area contributed by atoms with E-state index in [1.54, 1.807) is 0 Å². The van der Waals surface area contributed by atoms with Gasteiger partial charge < -0.3 is 15.5 Å². The van der Waals surface area contributed by atoms with E-state index in [0.29, 0.717) is 4.90 Å². The maximum absolute atomic E-state index is 15.0. The zero-order valence-electron chi connectivity index (χ0n) is 22.8. The molecule has 22 radical (unpaired) electrons. The molecule has 1 saturated heterocycles. The first-order chi connectivity index (χ1) is 20.0. The molecule has 0 spiro atoms. The number of carbonyl (C=O) groups excluding carboxylic acids is 2. The predicted octanol–water partition coefficient (Wildman–Crippen LogP) is -0.235. The topological polar surface area (TPSA) is 79.5 Å². The van der Waals surface area contributed by atoms with E-state index in [2.05, 4.69) is 4.98 Å². The van der Waals surface area contributed by atoms with Crippen LogP contribution in [0.1, 0.15) is 20.7 Å². The molecule has 2 heterocycles. The third-order valence-electron chi connectivity index (χ3n) is 7.38. The highest BCUT2D eigenvalue weighted by Crippen LogP contribution is 2.65. The van der Waals surface area contributed by atoms with Crippen molar-refractivity contribution in [3.05, 3.63) is 75.7 Å². The van der Waals surface area contributed by atoms with Gasteiger partial charge in [0.1, 0.15) is 5.82 Å². The third-order valence-corrected chi connectivity index (χ3v) is 8.02. The molecular formula is C24H10B11Cl2FN4O2. The second kappa shape index (κ2) is 11.1. The van der Waals surface area contributed by atoms with Crippen molar-refractivity contribution in [2.24, 2.45) is 5.73 Å². The van der Waals surface area contributed by atoms with Gasteiger partial charge in [-0.3, -0.25) is 9.59 Å². The molecule has 192 valence electrons. The largest absolute Gasteiger partial charge is 0.394 e. The summed E-state index contributed by atoms with van der Waals surface area (Å²) in [6, 6.07) is 8.80. The van der Waals surface area contributed by atoms with Crippen molar-refractivity contribution in [2.75, 3.05) is 9.80 Å². The quantitative estimate of drug-likeness (QED) is 0.400. The van der Waals surface area contributed by atoms with Crippen molar-refractivity contribution in [1.29, 1.82) is 0 Å². The first-order valence-electron chi connectivity index (χ1n) is 12.4. The first kappa shape index (κ1) is 34.4. The van der Waals surface area contributed by atoms with Crippen molar-refractivity contribution >= 4 is 133 Å². The SMILES string of the molecule is [B]C([B])([B])N(C(=O)c1c(F)cccc1Cl)c1ncc(-c2cc(C(N)=O)ccc2Cl)cc1N1C([B])([B])C([B])([B])C([B])([B])C1([B])[B]. The normalized spacial score (nSPS) is 18.0. The van der Waals surface area contributed by atoms with Crippen LogP contribution in [0.5, 0.6) is 0 Å². The van der Waals surface area contributed by atoms with Gasteiger partial charge in [0.25, 0.3) is 5.91 Å². The Morgan fingerprint density at radius 3 is 1.95 bits per heavy atom. The van der Waals surface area contributed by atoms with Crippen LogP contribution in [0.4, 0.5) is 15.9 Å². The Bertz CT molecular complexity index is 1640. The van der Waals surface area contributed by atoms with Crippen LogP contribution in [0.3, 0.4) is 0 Å². The number of anilines is 2. The molecule has 0 unspecified atom stereocenters. The van der Waals surface area contributed by atoms with Crippen LogP contribution in [0.25, 0.3) is 11.1 Å². The molecule has 3 aromatic rings. The number of amides is 2. The number of carbonyl (C=O) groups is 2. The number of primary amides is 1. The van der Waals surface area contributed by atoms with E-state index in [9.17, 15) is 14.0 Å². The molecule has 20 heteroatoms. The van der Waals surface area contributed by atoms with E-state index in [0.717, 1.165) is 17.2 Å². The summed E-state index contributed by atoms with van der Waals surface area (Å²) in [7, 11) is 68.7. The molecule has 6 nitrogen and oxygen atoms in total. The maximum Gasteiger partial charge on any atom is 0.262 e. The van der Waals surface area contributed by atoms with Gasteiger partial charge in [0.2, 0.25) is 5.91 Å². The number of pyridine rings is 1. The van der Waals surface area contributed by atoms with Crippen molar-refractivity contribution in [3.63, 3.8) is 0 Å². The molecule has 1 fully saturated rings. The molecule has 1 aliphatic rings. The average Bonchev–Trinajstić information content (AvgIpc) is 2.95. The van der Waals surface area contributed by atoms with Crippen molar-refractivity contribution < 1.29 is 14.0 Å². The Morgan fingerprint density at radius 1 is 0.886 bits per heavy atom. The second-order valence-corrected chi connectivity index (χ2v) is 11.3. The lowest BCUT2D eigenvalue weighted by Crippen LogP contribution is -2.61. The number of hydrogen-bond donors (Lipinski definition) is 1. The number of aromatic nitrogens is 1. The van der Waals surface area contributed by atoms with Gasteiger partial charge in [-0.1, -0.05) is 34.5 Å². The Labute approximate surface area is 279 Å². The number of rotatable bonds is 6. The first-order valence-corrected chi connectivity index (χ1v) is 13.1. The summed E-state index contributed by atoms with van der Waals surface area (Å²) >= 11 is 12.6. The number of nitrogens with zero attached hydrogens (tertiary/aromatic N) is 3. The van der Waals surface area contributed by atoms with E-state index in [1.807, 2.05) is 0 Å². The van der Waals surface area contributed by atoms with Crippen molar-refractivity contribution in [1.82, 2.24) is 4.98 Å². The van der Waals surface area contributed by atoms with Crippen LogP contribution < -0.4 is 15.5 Å². The zero-order chi connectivity index (χ0) is 33.4. The van der Waals surface area contributed by atoms with E-state index in [-0.39, 0.29) is 26.7 Å². The van der Waals surface area contributed by atoms with Gasteiger partial charge in [0, 0.05) is 27.9 Å². The molecule has 1 aliphatic heterocycles. The lowest BCUT2D eigenvalue weighted by Gasteiger charge is -2.51. The fraction of sp³-hybridized carbons (Fsp3) is 0.208. The number of benzene rings is 2. The number of hydrogen-bond acceptors (Lipinski definition) is 4. The number of halogens is 3. The highest BCUT2D eigenvalue weighted by atomic mass is 35.5. The molecule has 0 saturated carbocycles. The van der Waals surface area contributed by atoms with E-state index in [4.69, 9.17) is 115 Å². The fourth-order valence-electron chi connectivity index (χ4n) is 4.84. The van der Waals surface area contributed by atoms with Gasteiger partial charge in [-0.2, -0.15) is 0 Å². The van der Waals surface area contributed by atoms with Gasteiger partial charge >= 0.3 is 0 Å². The monoisotopic (exact) mass is 596 g/mol. The van der Waals surface area contributed by atoms with Crippen LogP contribution >= 0.6 is 23.2 Å². The average molecular weight is 595 g/mol. The van der Waals surface area contributed by atoms with Gasteiger partial charge in [-0.05, 0) is 47.1 Å². The maximum atomic E-state index is 15.0. The van der Waals surface area contributed by atoms with Gasteiger partial charge in [0.15, 0.2) is 5.82 Å². The van der Waals surface area contributed by atoms with E-state index < -0.39 is 61.0 Å². The van der Waals surface area contributed by atoms with Gasteiger partial charge in [0.05, 0.1) is 103 Å². The summed E-state index contributed by atoms with van der Waals surface area (Å²) in [5.74, 6) is -3.67. The summed E-state index contributed by atoms with van der Waals surface area (Å²) in [5.41, 5.74) is 4.74. The lowest BCUT2D eigenvalue weighted by atomic mass is 9.17. The molecule has 2 amide bonds. The number of nitrogens with two attached hydrogens (primary N) is 1. The standard InChI is InChI=1S/C24H10B11Cl2FN4O2/c25-20(26)21(27,28)23(31,32)42(22(20,29)30)15-7-10(11-6-9(17(39)43)4-5-12(11)36)8-40-18(15)41(24(33,34)35)19(44)16-13(37)2-1-3-14(16)38/h1-8H,(H2,39,43). The minimum atomic E-state index is -2.63.